The summed E-state index contributed by atoms with van der Waals surface area (Å²) < 4.78 is 0. The van der Waals surface area contributed by atoms with Crippen LogP contribution in [-0.2, 0) is 0 Å². The second-order valence-electron chi connectivity index (χ2n) is 2.36. The Bertz CT molecular complexity index is 314. The molecule has 5 heteroatoms. The Kier molecular flexibility index (Phi) is 3.52. The summed E-state index contributed by atoms with van der Waals surface area (Å²) in [6.45, 7) is 2.02. The van der Waals surface area contributed by atoms with E-state index in [1.54, 1.807) is 19.1 Å². The molecule has 0 aromatic heterocycles. The Morgan fingerprint density at radius 2 is 2.23 bits per heavy atom. The van der Waals surface area contributed by atoms with Crippen LogP contribution in [0.2, 0.25) is 5.02 Å². The summed E-state index contributed by atoms with van der Waals surface area (Å²) in [4.78, 5) is 0.545. The molecular formula is C8H10ClN3O. The molecular weight excluding hydrogens is 190 g/mol. The zero-order chi connectivity index (χ0) is 9.68. The van der Waals surface area contributed by atoms with E-state index >= 15 is 0 Å². The molecule has 0 radical (unpaired) electrons. The first kappa shape index (κ1) is 9.80. The molecule has 0 unspecified atom stereocenters. The second-order valence-corrected chi connectivity index (χ2v) is 2.77. The van der Waals surface area contributed by atoms with Crippen molar-refractivity contribution in [2.75, 3.05) is 12.0 Å². The van der Waals surface area contributed by atoms with E-state index in [0.29, 0.717) is 22.1 Å². The molecule has 0 bridgehead atoms. The Balaban J connectivity index is 2.70. The summed E-state index contributed by atoms with van der Waals surface area (Å²) >= 11 is 5.81. The van der Waals surface area contributed by atoms with Crippen molar-refractivity contribution in [2.24, 2.45) is 5.22 Å². The van der Waals surface area contributed by atoms with Gasteiger partial charge in [-0.3, -0.25) is 0 Å². The number of hydroxylamine groups is 1. The molecule has 0 aliphatic carbocycles. The molecule has 13 heavy (non-hydrogen) atoms. The lowest BCUT2D eigenvalue weighted by Crippen LogP contribution is -2.02. The number of hydrogen-bond donors (Lipinski definition) is 1. The van der Waals surface area contributed by atoms with Crippen LogP contribution in [0.4, 0.5) is 5.69 Å². The van der Waals surface area contributed by atoms with Crippen molar-refractivity contribution in [1.29, 1.82) is 0 Å². The number of rotatable bonds is 3. The SMILES string of the molecule is CC[N+]([O-])=NNc1ccccc1Cl. The van der Waals surface area contributed by atoms with Crippen molar-refractivity contribution in [1.82, 2.24) is 0 Å². The number of nitrogens with one attached hydrogen (secondary N) is 1. The maximum Gasteiger partial charge on any atom is 0.165 e. The molecule has 1 rings (SSSR count). The monoisotopic (exact) mass is 199 g/mol. The first-order valence-corrected chi connectivity index (χ1v) is 4.27. The standard InChI is InChI=1S/C8H10ClN3O/c1-2-12(13)11-10-8-6-4-3-5-7(8)9/h3-6,10H,2H2,1H3. The molecule has 0 amide bonds. The quantitative estimate of drug-likeness (QED) is 0.462. The summed E-state index contributed by atoms with van der Waals surface area (Å²) in [6.07, 6.45) is 0. The van der Waals surface area contributed by atoms with Gasteiger partial charge in [-0.1, -0.05) is 23.7 Å². The van der Waals surface area contributed by atoms with Crippen LogP contribution in [-0.4, -0.2) is 11.4 Å². The van der Waals surface area contributed by atoms with Crippen molar-refractivity contribution >= 4 is 17.3 Å². The van der Waals surface area contributed by atoms with E-state index in [-0.39, 0.29) is 0 Å². The van der Waals surface area contributed by atoms with Crippen molar-refractivity contribution in [3.8, 4) is 0 Å². The van der Waals surface area contributed by atoms with Crippen LogP contribution in [0.3, 0.4) is 0 Å². The van der Waals surface area contributed by atoms with Crippen LogP contribution >= 0.6 is 11.6 Å². The number of halogens is 1. The minimum atomic E-state index is 0.303. The van der Waals surface area contributed by atoms with Gasteiger partial charge in [0, 0.05) is 0 Å². The summed E-state index contributed by atoms with van der Waals surface area (Å²) in [5, 5.41) is 14.8. The molecule has 0 heterocycles. The molecule has 0 saturated carbocycles. The third kappa shape index (κ3) is 2.91. The largest absolute Gasteiger partial charge is 0.696 e. The number of anilines is 1. The highest BCUT2D eigenvalue weighted by Gasteiger charge is 2.00. The van der Waals surface area contributed by atoms with Crippen LogP contribution in [0.1, 0.15) is 6.92 Å². The molecule has 4 nitrogen and oxygen atoms in total. The molecule has 1 N–H and O–H groups in total. The Hall–Kier alpha value is -1.29. The molecule has 0 atom stereocenters. The number of para-hydroxylation sites is 1. The highest BCUT2D eigenvalue weighted by molar-refractivity contribution is 6.33. The molecule has 0 spiro atoms. The van der Waals surface area contributed by atoms with Crippen molar-refractivity contribution < 1.29 is 4.86 Å². The van der Waals surface area contributed by atoms with Crippen molar-refractivity contribution in [3.63, 3.8) is 0 Å². The molecule has 1 aromatic rings. The highest BCUT2D eigenvalue weighted by Crippen LogP contribution is 2.19. The van der Waals surface area contributed by atoms with Crippen LogP contribution in [0.25, 0.3) is 0 Å². The van der Waals surface area contributed by atoms with Gasteiger partial charge in [0.2, 0.25) is 0 Å². The lowest BCUT2D eigenvalue weighted by atomic mass is 10.3. The highest BCUT2D eigenvalue weighted by atomic mass is 35.5. The van der Waals surface area contributed by atoms with E-state index in [9.17, 15) is 5.21 Å². The minimum absolute atomic E-state index is 0.303. The molecule has 70 valence electrons. The first-order chi connectivity index (χ1) is 6.24. The van der Waals surface area contributed by atoms with Gasteiger partial charge in [-0.2, -0.15) is 4.86 Å². The second kappa shape index (κ2) is 4.67. The van der Waals surface area contributed by atoms with Gasteiger partial charge in [-0.05, 0) is 19.1 Å². The zero-order valence-corrected chi connectivity index (χ0v) is 7.95. The summed E-state index contributed by atoms with van der Waals surface area (Å²) in [6, 6.07) is 7.09. The van der Waals surface area contributed by atoms with E-state index < -0.39 is 0 Å². The summed E-state index contributed by atoms with van der Waals surface area (Å²) in [5.41, 5.74) is 3.19. The predicted octanol–water partition coefficient (Wildman–Crippen LogP) is 2.65. The van der Waals surface area contributed by atoms with Crippen LogP contribution in [0, 0.1) is 5.21 Å². The topological polar surface area (TPSA) is 50.5 Å². The van der Waals surface area contributed by atoms with Gasteiger partial charge >= 0.3 is 0 Å². The minimum Gasteiger partial charge on any atom is -0.696 e. The average Bonchev–Trinajstić information content (AvgIpc) is 2.16. The molecule has 0 aliphatic rings. The van der Waals surface area contributed by atoms with Crippen LogP contribution in [0.5, 0.6) is 0 Å². The maximum absolute atomic E-state index is 10.7. The fraction of sp³-hybridized carbons (Fsp3) is 0.250. The van der Waals surface area contributed by atoms with Gasteiger partial charge < -0.3 is 5.21 Å². The van der Waals surface area contributed by atoms with Gasteiger partial charge in [0.25, 0.3) is 0 Å². The average molecular weight is 200 g/mol. The first-order valence-electron chi connectivity index (χ1n) is 3.90. The predicted molar refractivity (Wildman–Crippen MR) is 51.7 cm³/mol. The fourth-order valence-electron chi connectivity index (χ4n) is 0.732. The van der Waals surface area contributed by atoms with E-state index in [2.05, 4.69) is 10.6 Å². The molecule has 1 aromatic carbocycles. The van der Waals surface area contributed by atoms with Gasteiger partial charge in [0.1, 0.15) is 6.54 Å². The smallest absolute Gasteiger partial charge is 0.165 e. The van der Waals surface area contributed by atoms with Crippen molar-refractivity contribution in [2.45, 2.75) is 6.92 Å². The molecule has 0 fully saturated rings. The number of benzene rings is 1. The van der Waals surface area contributed by atoms with Gasteiger partial charge in [-0.25, -0.2) is 0 Å². The Morgan fingerprint density at radius 3 is 2.85 bits per heavy atom. The van der Waals surface area contributed by atoms with Crippen molar-refractivity contribution in [3.05, 3.63) is 34.5 Å². The summed E-state index contributed by atoms with van der Waals surface area (Å²) in [5.74, 6) is 0. The Labute approximate surface area is 81.4 Å². The van der Waals surface area contributed by atoms with Gasteiger partial charge in [0.15, 0.2) is 5.69 Å². The molecule has 0 saturated heterocycles. The molecule has 0 aliphatic heterocycles. The van der Waals surface area contributed by atoms with Gasteiger partial charge in [-0.15, -0.1) is 5.43 Å². The van der Waals surface area contributed by atoms with E-state index in [4.69, 9.17) is 11.6 Å². The van der Waals surface area contributed by atoms with E-state index in [1.165, 1.54) is 0 Å². The van der Waals surface area contributed by atoms with Crippen LogP contribution in [0.15, 0.2) is 29.5 Å². The normalized spacial score (nSPS) is 11.4. The van der Waals surface area contributed by atoms with E-state index in [0.717, 1.165) is 0 Å². The third-order valence-corrected chi connectivity index (χ3v) is 1.76. The Morgan fingerprint density at radius 1 is 1.54 bits per heavy atom. The zero-order valence-electron chi connectivity index (χ0n) is 7.20. The number of hydrogen-bond acceptors (Lipinski definition) is 2. The lowest BCUT2D eigenvalue weighted by molar-refractivity contribution is -0.524. The number of nitrogens with zero attached hydrogens (tertiary/aromatic N) is 2. The lowest BCUT2D eigenvalue weighted by Gasteiger charge is -2.01. The third-order valence-electron chi connectivity index (χ3n) is 1.43. The van der Waals surface area contributed by atoms with Gasteiger partial charge in [0.05, 0.1) is 10.2 Å². The van der Waals surface area contributed by atoms with Crippen LogP contribution < -0.4 is 5.43 Å². The fourth-order valence-corrected chi connectivity index (χ4v) is 0.910. The summed E-state index contributed by atoms with van der Waals surface area (Å²) in [7, 11) is 0. The van der Waals surface area contributed by atoms with E-state index in [1.807, 2.05) is 12.1 Å². The maximum atomic E-state index is 10.7.